The summed E-state index contributed by atoms with van der Waals surface area (Å²) in [4.78, 5) is 19.5. The van der Waals surface area contributed by atoms with Gasteiger partial charge in [-0.15, -0.1) is 0 Å². The van der Waals surface area contributed by atoms with Crippen molar-refractivity contribution in [3.8, 4) is 0 Å². The second kappa shape index (κ2) is 6.27. The fourth-order valence-electron chi connectivity index (χ4n) is 1.79. The molecule has 7 nitrogen and oxygen atoms in total. The van der Waals surface area contributed by atoms with Gasteiger partial charge in [0.2, 0.25) is 11.9 Å². The van der Waals surface area contributed by atoms with Crippen LogP contribution >= 0.6 is 11.7 Å². The zero-order valence-corrected chi connectivity index (χ0v) is 12.2. The molecule has 0 radical (unpaired) electrons. The second-order valence-electron chi connectivity index (χ2n) is 4.51. The van der Waals surface area contributed by atoms with Gasteiger partial charge in [0.15, 0.2) is 0 Å². The monoisotopic (exact) mass is 312 g/mol. The van der Waals surface area contributed by atoms with E-state index in [0.717, 1.165) is 16.6 Å². The summed E-state index contributed by atoms with van der Waals surface area (Å²) in [6, 6.07) is 5.72. The Bertz CT molecular complexity index is 827. The number of nitrogen functional groups attached to an aromatic ring is 1. The van der Waals surface area contributed by atoms with Gasteiger partial charge >= 0.3 is 0 Å². The molecule has 0 saturated heterocycles. The van der Waals surface area contributed by atoms with Crippen molar-refractivity contribution in [2.24, 2.45) is 0 Å². The molecular weight excluding hydrogens is 300 g/mol. The minimum atomic E-state index is -0.201. The predicted molar refractivity (Wildman–Crippen MR) is 84.7 cm³/mol. The summed E-state index contributed by atoms with van der Waals surface area (Å²) in [7, 11) is 0. The van der Waals surface area contributed by atoms with E-state index in [9.17, 15) is 4.79 Å². The molecular formula is C14H12N6OS. The number of anilines is 1. The highest BCUT2D eigenvalue weighted by atomic mass is 32.1. The number of aromatic nitrogens is 4. The van der Waals surface area contributed by atoms with E-state index >= 15 is 0 Å². The Hall–Kier alpha value is -2.87. The van der Waals surface area contributed by atoms with Gasteiger partial charge in [-0.3, -0.25) is 4.79 Å². The van der Waals surface area contributed by atoms with E-state index in [2.05, 4.69) is 24.0 Å². The minimum absolute atomic E-state index is 0.201. The highest BCUT2D eigenvalue weighted by molar-refractivity contribution is 7.00. The molecule has 0 aliphatic carbocycles. The molecule has 110 valence electrons. The zero-order valence-electron chi connectivity index (χ0n) is 11.4. The lowest BCUT2D eigenvalue weighted by molar-refractivity contribution is -0.116. The summed E-state index contributed by atoms with van der Waals surface area (Å²) in [5, 5.41) is 2.80. The average molecular weight is 312 g/mol. The van der Waals surface area contributed by atoms with E-state index in [1.165, 1.54) is 17.8 Å². The molecule has 22 heavy (non-hydrogen) atoms. The van der Waals surface area contributed by atoms with Crippen LogP contribution in [0.25, 0.3) is 17.1 Å². The number of rotatable bonds is 4. The number of benzene rings is 1. The molecule has 0 atom stereocenters. The molecule has 0 unspecified atom stereocenters. The van der Waals surface area contributed by atoms with Crippen molar-refractivity contribution in [1.82, 2.24) is 24.0 Å². The minimum Gasteiger partial charge on any atom is -0.368 e. The molecule has 0 aliphatic heterocycles. The molecule has 0 spiro atoms. The Morgan fingerprint density at radius 2 is 2.00 bits per heavy atom. The summed E-state index contributed by atoms with van der Waals surface area (Å²) in [5.74, 6) is 0.00171. The summed E-state index contributed by atoms with van der Waals surface area (Å²) in [5.41, 5.74) is 8.77. The molecule has 0 aliphatic rings. The standard InChI is InChI=1S/C14H12N6OS/c15-14-17-7-10(8-18-14)2-4-13(21)16-6-9-1-3-11-12(5-9)20-22-19-11/h1-5,7-8H,6H2,(H,16,21)(H2,15,17,18)/b4-2+. The van der Waals surface area contributed by atoms with Crippen LogP contribution in [0.2, 0.25) is 0 Å². The number of nitrogens with zero attached hydrogens (tertiary/aromatic N) is 4. The Kier molecular flexibility index (Phi) is 4.01. The fraction of sp³-hybridized carbons (Fsp3) is 0.0714. The Morgan fingerprint density at radius 1 is 1.23 bits per heavy atom. The van der Waals surface area contributed by atoms with E-state index in [-0.39, 0.29) is 11.9 Å². The van der Waals surface area contributed by atoms with Crippen molar-refractivity contribution in [3.63, 3.8) is 0 Å². The smallest absolute Gasteiger partial charge is 0.244 e. The van der Waals surface area contributed by atoms with Crippen molar-refractivity contribution < 1.29 is 4.79 Å². The molecule has 0 fully saturated rings. The van der Waals surface area contributed by atoms with Crippen LogP contribution in [-0.4, -0.2) is 24.6 Å². The maximum absolute atomic E-state index is 11.8. The highest BCUT2D eigenvalue weighted by Crippen LogP contribution is 2.13. The van der Waals surface area contributed by atoms with Crippen LogP contribution in [0.3, 0.4) is 0 Å². The van der Waals surface area contributed by atoms with Crippen LogP contribution in [0, 0.1) is 0 Å². The van der Waals surface area contributed by atoms with Gasteiger partial charge in [-0.05, 0) is 23.8 Å². The quantitative estimate of drug-likeness (QED) is 0.705. The lowest BCUT2D eigenvalue weighted by Gasteiger charge is -2.02. The Labute approximate surface area is 130 Å². The molecule has 0 bridgehead atoms. The third-order valence-electron chi connectivity index (χ3n) is 2.90. The lowest BCUT2D eigenvalue weighted by Crippen LogP contribution is -2.20. The van der Waals surface area contributed by atoms with Gasteiger partial charge in [0.1, 0.15) is 11.0 Å². The van der Waals surface area contributed by atoms with Crippen LogP contribution in [-0.2, 0) is 11.3 Å². The number of fused-ring (bicyclic) bond motifs is 1. The van der Waals surface area contributed by atoms with Crippen molar-refractivity contribution in [2.45, 2.75) is 6.54 Å². The van der Waals surface area contributed by atoms with Gasteiger partial charge in [-0.2, -0.15) is 8.75 Å². The van der Waals surface area contributed by atoms with E-state index in [1.54, 1.807) is 18.5 Å². The molecule has 2 heterocycles. The molecule has 8 heteroatoms. The van der Waals surface area contributed by atoms with Gasteiger partial charge in [-0.1, -0.05) is 6.07 Å². The zero-order chi connectivity index (χ0) is 15.4. The highest BCUT2D eigenvalue weighted by Gasteiger charge is 2.01. The number of carbonyl (C=O) groups excluding carboxylic acids is 1. The maximum Gasteiger partial charge on any atom is 0.244 e. The van der Waals surface area contributed by atoms with Crippen molar-refractivity contribution in [2.75, 3.05) is 5.73 Å². The SMILES string of the molecule is Nc1ncc(/C=C/C(=O)NCc2ccc3nsnc3c2)cn1. The van der Waals surface area contributed by atoms with Gasteiger partial charge in [-0.25, -0.2) is 9.97 Å². The van der Waals surface area contributed by atoms with Crippen LogP contribution in [0.1, 0.15) is 11.1 Å². The second-order valence-corrected chi connectivity index (χ2v) is 5.04. The maximum atomic E-state index is 11.8. The Balaban J connectivity index is 1.58. The summed E-state index contributed by atoms with van der Waals surface area (Å²) in [6.07, 6.45) is 6.16. The van der Waals surface area contributed by atoms with Crippen LogP contribution in [0.4, 0.5) is 5.95 Å². The molecule has 1 aromatic carbocycles. The third-order valence-corrected chi connectivity index (χ3v) is 3.46. The van der Waals surface area contributed by atoms with Gasteiger partial charge in [0.25, 0.3) is 0 Å². The predicted octanol–water partition coefficient (Wildman–Crippen LogP) is 1.39. The lowest BCUT2D eigenvalue weighted by atomic mass is 10.2. The molecule has 1 amide bonds. The van der Waals surface area contributed by atoms with Crippen molar-refractivity contribution in [3.05, 3.63) is 47.8 Å². The van der Waals surface area contributed by atoms with Gasteiger partial charge in [0, 0.05) is 30.6 Å². The number of nitrogens with two attached hydrogens (primary N) is 1. The molecule has 3 aromatic rings. The third kappa shape index (κ3) is 3.41. The van der Waals surface area contributed by atoms with Gasteiger partial charge in [0.05, 0.1) is 11.7 Å². The number of carbonyl (C=O) groups is 1. The Morgan fingerprint density at radius 3 is 2.82 bits per heavy atom. The molecule has 3 N–H and O–H groups in total. The first-order chi connectivity index (χ1) is 10.7. The van der Waals surface area contributed by atoms with E-state index in [4.69, 9.17) is 5.73 Å². The number of hydrogen-bond acceptors (Lipinski definition) is 7. The normalized spacial score (nSPS) is 11.1. The number of amides is 1. The first-order valence-electron chi connectivity index (χ1n) is 6.45. The molecule has 3 rings (SSSR count). The summed E-state index contributed by atoms with van der Waals surface area (Å²) >= 11 is 1.17. The van der Waals surface area contributed by atoms with Crippen molar-refractivity contribution >= 4 is 40.7 Å². The van der Waals surface area contributed by atoms with Crippen LogP contribution < -0.4 is 11.1 Å². The fourth-order valence-corrected chi connectivity index (χ4v) is 2.31. The van der Waals surface area contributed by atoms with E-state index in [1.807, 2.05) is 18.2 Å². The summed E-state index contributed by atoms with van der Waals surface area (Å²) < 4.78 is 8.30. The topological polar surface area (TPSA) is 107 Å². The van der Waals surface area contributed by atoms with Crippen LogP contribution in [0.15, 0.2) is 36.7 Å². The average Bonchev–Trinajstić information content (AvgIpc) is 3.00. The van der Waals surface area contributed by atoms with Crippen LogP contribution in [0.5, 0.6) is 0 Å². The van der Waals surface area contributed by atoms with Crippen molar-refractivity contribution in [1.29, 1.82) is 0 Å². The first kappa shape index (κ1) is 14.1. The van der Waals surface area contributed by atoms with E-state index < -0.39 is 0 Å². The number of nitrogens with one attached hydrogen (secondary N) is 1. The molecule has 0 saturated carbocycles. The largest absolute Gasteiger partial charge is 0.368 e. The van der Waals surface area contributed by atoms with Gasteiger partial charge < -0.3 is 11.1 Å². The summed E-state index contributed by atoms with van der Waals surface area (Å²) in [6.45, 7) is 0.425. The van der Waals surface area contributed by atoms with E-state index in [0.29, 0.717) is 12.1 Å². The first-order valence-corrected chi connectivity index (χ1v) is 7.18. The molecule has 2 aromatic heterocycles. The number of hydrogen-bond donors (Lipinski definition) is 2.